The summed E-state index contributed by atoms with van der Waals surface area (Å²) in [5, 5.41) is 12.2. The maximum Gasteiger partial charge on any atom is 0.198 e. The zero-order chi connectivity index (χ0) is 20.0. The fourth-order valence-corrected chi connectivity index (χ4v) is 6.34. The van der Waals surface area contributed by atoms with E-state index in [1.807, 2.05) is 6.07 Å². The van der Waals surface area contributed by atoms with E-state index in [0.29, 0.717) is 6.61 Å². The van der Waals surface area contributed by atoms with Gasteiger partial charge >= 0.3 is 0 Å². The third kappa shape index (κ3) is 3.36. The molecule has 0 amide bonds. The zero-order valence-corrected chi connectivity index (χ0v) is 19.1. The van der Waals surface area contributed by atoms with Crippen LogP contribution in [-0.2, 0) is 23.5 Å². The third-order valence-corrected chi connectivity index (χ3v) is 8.30. The van der Waals surface area contributed by atoms with Crippen LogP contribution in [0.3, 0.4) is 0 Å². The predicted molar refractivity (Wildman–Crippen MR) is 121 cm³/mol. The van der Waals surface area contributed by atoms with Crippen LogP contribution < -0.4 is 0 Å². The molecular formula is C21H22N4OS3. The molecule has 5 rings (SSSR count). The van der Waals surface area contributed by atoms with Crippen molar-refractivity contribution in [1.82, 2.24) is 19.6 Å². The SMILES string of the molecule is CC[C@]1(C)Cc2c(sc3nc(SC)n4c(SCc5ccccc5)nnc4c23)CO1. The van der Waals surface area contributed by atoms with Gasteiger partial charge in [0.1, 0.15) is 4.83 Å². The Hall–Kier alpha value is -1.61. The van der Waals surface area contributed by atoms with Crippen molar-refractivity contribution in [2.24, 2.45) is 0 Å². The minimum Gasteiger partial charge on any atom is -0.369 e. The largest absolute Gasteiger partial charge is 0.369 e. The molecule has 4 heterocycles. The lowest BCUT2D eigenvalue weighted by Crippen LogP contribution is -2.33. The van der Waals surface area contributed by atoms with E-state index >= 15 is 0 Å². The highest BCUT2D eigenvalue weighted by atomic mass is 32.2. The highest BCUT2D eigenvalue weighted by molar-refractivity contribution is 7.99. The topological polar surface area (TPSA) is 52.3 Å². The molecule has 29 heavy (non-hydrogen) atoms. The lowest BCUT2D eigenvalue weighted by atomic mass is 9.90. The van der Waals surface area contributed by atoms with Crippen LogP contribution in [0.5, 0.6) is 0 Å². The summed E-state index contributed by atoms with van der Waals surface area (Å²) in [5.41, 5.74) is 3.42. The van der Waals surface area contributed by atoms with Gasteiger partial charge in [0.2, 0.25) is 0 Å². The molecule has 0 bridgehead atoms. The van der Waals surface area contributed by atoms with Crippen molar-refractivity contribution >= 4 is 50.7 Å². The summed E-state index contributed by atoms with van der Waals surface area (Å²) in [5.74, 6) is 0.858. The Balaban J connectivity index is 1.63. The van der Waals surface area contributed by atoms with Crippen LogP contribution in [0.1, 0.15) is 36.3 Å². The molecule has 0 unspecified atom stereocenters. The Labute approximate surface area is 182 Å². The zero-order valence-electron chi connectivity index (χ0n) is 16.6. The molecule has 5 nitrogen and oxygen atoms in total. The van der Waals surface area contributed by atoms with Crippen LogP contribution in [0.15, 0.2) is 40.6 Å². The first kappa shape index (κ1) is 19.4. The first-order valence-electron chi connectivity index (χ1n) is 9.66. The van der Waals surface area contributed by atoms with E-state index in [4.69, 9.17) is 9.72 Å². The average Bonchev–Trinajstić information content (AvgIpc) is 3.33. The Morgan fingerprint density at radius 1 is 1.21 bits per heavy atom. The Morgan fingerprint density at radius 3 is 2.79 bits per heavy atom. The number of ether oxygens (including phenoxy) is 1. The number of rotatable bonds is 5. The molecule has 8 heteroatoms. The predicted octanol–water partition coefficient (Wildman–Crippen LogP) is 5.59. The number of aromatic nitrogens is 4. The van der Waals surface area contributed by atoms with E-state index in [2.05, 4.69) is 59.0 Å². The monoisotopic (exact) mass is 442 g/mol. The summed E-state index contributed by atoms with van der Waals surface area (Å²) in [6.45, 7) is 5.05. The van der Waals surface area contributed by atoms with Crippen LogP contribution in [0.2, 0.25) is 0 Å². The number of hydrogen-bond donors (Lipinski definition) is 0. The second-order valence-corrected chi connectivity index (χ2v) is 10.3. The molecule has 1 atom stereocenters. The van der Waals surface area contributed by atoms with E-state index < -0.39 is 0 Å². The maximum atomic E-state index is 6.16. The van der Waals surface area contributed by atoms with E-state index in [-0.39, 0.29) is 5.60 Å². The van der Waals surface area contributed by atoms with E-state index in [0.717, 1.165) is 44.8 Å². The fourth-order valence-electron chi connectivity index (χ4n) is 3.70. The molecule has 1 aliphatic heterocycles. The summed E-state index contributed by atoms with van der Waals surface area (Å²) >= 11 is 5.08. The van der Waals surface area contributed by atoms with Crippen LogP contribution in [0.25, 0.3) is 15.9 Å². The molecular weight excluding hydrogens is 420 g/mol. The Bertz CT molecular complexity index is 1190. The molecule has 0 fully saturated rings. The van der Waals surface area contributed by atoms with Crippen LogP contribution in [-0.4, -0.2) is 31.4 Å². The number of fused-ring (bicyclic) bond motifs is 5. The summed E-state index contributed by atoms with van der Waals surface area (Å²) in [7, 11) is 0. The first-order valence-corrected chi connectivity index (χ1v) is 12.7. The molecule has 0 spiro atoms. The van der Waals surface area contributed by atoms with Crippen molar-refractivity contribution in [2.45, 2.75) is 55.0 Å². The Kier molecular flexibility index (Phi) is 5.06. The first-order chi connectivity index (χ1) is 14.1. The van der Waals surface area contributed by atoms with Gasteiger partial charge in [0, 0.05) is 17.1 Å². The molecule has 4 aromatic rings. The lowest BCUT2D eigenvalue weighted by Gasteiger charge is -2.32. The fraction of sp³-hybridized carbons (Fsp3) is 0.381. The second kappa shape index (κ2) is 7.58. The van der Waals surface area contributed by atoms with E-state index in [1.54, 1.807) is 34.9 Å². The quantitative estimate of drug-likeness (QED) is 0.296. The van der Waals surface area contributed by atoms with Crippen LogP contribution in [0.4, 0.5) is 0 Å². The number of benzene rings is 1. The summed E-state index contributed by atoms with van der Waals surface area (Å²) in [6, 6.07) is 10.5. The van der Waals surface area contributed by atoms with Gasteiger partial charge < -0.3 is 4.74 Å². The van der Waals surface area contributed by atoms with Crippen molar-refractivity contribution in [2.75, 3.05) is 6.26 Å². The van der Waals surface area contributed by atoms with E-state index in [9.17, 15) is 0 Å². The molecule has 150 valence electrons. The van der Waals surface area contributed by atoms with Gasteiger partial charge in [-0.1, -0.05) is 60.8 Å². The van der Waals surface area contributed by atoms with Gasteiger partial charge in [-0.15, -0.1) is 21.5 Å². The van der Waals surface area contributed by atoms with Gasteiger partial charge in [-0.05, 0) is 30.7 Å². The molecule has 1 aliphatic rings. The second-order valence-electron chi connectivity index (χ2n) is 7.47. The molecule has 1 aromatic carbocycles. The molecule has 0 radical (unpaired) electrons. The maximum absolute atomic E-state index is 6.16. The normalized spacial score (nSPS) is 19.1. The molecule has 0 saturated carbocycles. The lowest BCUT2D eigenvalue weighted by molar-refractivity contribution is -0.0542. The van der Waals surface area contributed by atoms with Crippen molar-refractivity contribution < 1.29 is 4.74 Å². The standard InChI is InChI=1S/C21H22N4OS3/c1-4-21(2)10-14-15(11-26-21)29-18-16(14)17-23-24-20(25(17)19(22-18)27-3)28-12-13-8-6-5-7-9-13/h5-9H,4,10-12H2,1-3H3/t21-/m1/s1. The number of thioether (sulfide) groups is 2. The summed E-state index contributed by atoms with van der Waals surface area (Å²) in [6.07, 6.45) is 3.94. The van der Waals surface area contributed by atoms with Gasteiger partial charge in [-0.25, -0.2) is 9.38 Å². The van der Waals surface area contributed by atoms with E-state index in [1.165, 1.54) is 16.0 Å². The molecule has 0 saturated heterocycles. The minimum absolute atomic E-state index is 0.124. The van der Waals surface area contributed by atoms with Gasteiger partial charge in [0.05, 0.1) is 17.6 Å². The summed E-state index contributed by atoms with van der Waals surface area (Å²) < 4.78 is 8.29. The minimum atomic E-state index is -0.124. The van der Waals surface area contributed by atoms with Gasteiger partial charge in [0.15, 0.2) is 16.0 Å². The van der Waals surface area contributed by atoms with Crippen molar-refractivity contribution in [1.29, 1.82) is 0 Å². The van der Waals surface area contributed by atoms with Crippen LogP contribution in [0, 0.1) is 0 Å². The molecule has 0 N–H and O–H groups in total. The average molecular weight is 443 g/mol. The van der Waals surface area contributed by atoms with Crippen LogP contribution >= 0.6 is 34.9 Å². The number of thiophene rings is 1. The number of nitrogens with zero attached hydrogens (tertiary/aromatic N) is 4. The molecule has 0 aliphatic carbocycles. The van der Waals surface area contributed by atoms with Crippen molar-refractivity contribution in [3.05, 3.63) is 46.3 Å². The molecule has 3 aromatic heterocycles. The van der Waals surface area contributed by atoms with Gasteiger partial charge in [-0.2, -0.15) is 0 Å². The third-order valence-electron chi connectivity index (χ3n) is 5.56. The number of hydrogen-bond acceptors (Lipinski definition) is 7. The Morgan fingerprint density at radius 2 is 2.03 bits per heavy atom. The smallest absolute Gasteiger partial charge is 0.198 e. The van der Waals surface area contributed by atoms with Crippen molar-refractivity contribution in [3.63, 3.8) is 0 Å². The highest BCUT2D eigenvalue weighted by Gasteiger charge is 2.33. The van der Waals surface area contributed by atoms with Crippen molar-refractivity contribution in [3.8, 4) is 0 Å². The highest BCUT2D eigenvalue weighted by Crippen LogP contribution is 2.42. The van der Waals surface area contributed by atoms with Gasteiger partial charge in [-0.3, -0.25) is 0 Å². The summed E-state index contributed by atoms with van der Waals surface area (Å²) in [4.78, 5) is 7.31. The van der Waals surface area contributed by atoms with Gasteiger partial charge in [0.25, 0.3) is 0 Å².